The van der Waals surface area contributed by atoms with E-state index >= 15 is 0 Å². The standard InChI is InChI=1S/C17H18O2S.C10H9F3N2/c1-17(19,12-18)13-20-16-9-5-8-15(11-16)10-14-6-3-2-4-7-14;1-15-8-3-2-7(6-14)9(5-4-8)10(11,12)13/h2-9,11-12,19H,10,13H2,1H3;2-4,15H,5H2,1H3. The molecule has 2 N–H and O–H groups in total. The van der Waals surface area contributed by atoms with Gasteiger partial charge in [0.15, 0.2) is 6.29 Å². The van der Waals surface area contributed by atoms with E-state index in [4.69, 9.17) is 5.26 Å². The van der Waals surface area contributed by atoms with Crippen molar-refractivity contribution in [3.8, 4) is 6.07 Å². The molecule has 1 aliphatic carbocycles. The Balaban J connectivity index is 0.000000258. The zero-order chi connectivity index (χ0) is 25.9. The second-order valence-electron chi connectivity index (χ2n) is 8.02. The SMILES string of the molecule is CC(O)(C=O)CSc1cccc(Cc2ccccc2)c1.CNC1=CCC(C(F)(F)F)=C(C#N)C=C1. The number of alkyl halides is 3. The summed E-state index contributed by atoms with van der Waals surface area (Å²) in [6.45, 7) is 1.53. The van der Waals surface area contributed by atoms with Crippen LogP contribution in [-0.2, 0) is 11.2 Å². The molecular formula is C27H27F3N2O2S. The Bertz CT molecular complexity index is 1130. The van der Waals surface area contributed by atoms with Gasteiger partial charge in [-0.05, 0) is 55.2 Å². The van der Waals surface area contributed by atoms with Crippen LogP contribution in [0, 0.1) is 11.3 Å². The molecule has 1 aliphatic rings. The molecule has 2 aromatic rings. The molecule has 184 valence electrons. The zero-order valence-corrected chi connectivity index (χ0v) is 20.3. The first-order chi connectivity index (χ1) is 16.6. The number of nitrogens with one attached hydrogen (secondary N) is 1. The molecule has 0 amide bonds. The van der Waals surface area contributed by atoms with Crippen LogP contribution in [0.3, 0.4) is 0 Å². The number of rotatable bonds is 7. The molecule has 1 unspecified atom stereocenters. The predicted molar refractivity (Wildman–Crippen MR) is 133 cm³/mol. The summed E-state index contributed by atoms with van der Waals surface area (Å²) in [7, 11) is 1.61. The second-order valence-corrected chi connectivity index (χ2v) is 9.07. The van der Waals surface area contributed by atoms with E-state index in [2.05, 4.69) is 29.6 Å². The van der Waals surface area contributed by atoms with Crippen molar-refractivity contribution in [3.05, 3.63) is 101 Å². The quantitative estimate of drug-likeness (QED) is 0.374. The van der Waals surface area contributed by atoms with E-state index in [0.717, 1.165) is 11.3 Å². The third kappa shape index (κ3) is 9.47. The Morgan fingerprint density at radius 1 is 1.11 bits per heavy atom. The van der Waals surface area contributed by atoms with Crippen molar-refractivity contribution in [1.29, 1.82) is 5.26 Å². The first-order valence-corrected chi connectivity index (χ1v) is 11.8. The van der Waals surface area contributed by atoms with Gasteiger partial charge in [-0.25, -0.2) is 0 Å². The van der Waals surface area contributed by atoms with Gasteiger partial charge in [0.2, 0.25) is 0 Å². The van der Waals surface area contributed by atoms with E-state index in [0.29, 0.717) is 17.7 Å². The molecular weight excluding hydrogens is 473 g/mol. The van der Waals surface area contributed by atoms with E-state index in [1.807, 2.05) is 30.3 Å². The number of halogens is 3. The highest BCUT2D eigenvalue weighted by Gasteiger charge is 2.35. The lowest BCUT2D eigenvalue weighted by atomic mass is 10.1. The lowest BCUT2D eigenvalue weighted by Gasteiger charge is -2.15. The van der Waals surface area contributed by atoms with Crippen molar-refractivity contribution in [1.82, 2.24) is 5.32 Å². The average Bonchev–Trinajstić information content (AvgIpc) is 3.06. The third-order valence-electron chi connectivity index (χ3n) is 4.97. The van der Waals surface area contributed by atoms with Crippen molar-refractivity contribution >= 4 is 18.0 Å². The monoisotopic (exact) mass is 500 g/mol. The molecule has 35 heavy (non-hydrogen) atoms. The average molecular weight is 501 g/mol. The van der Waals surface area contributed by atoms with Crippen molar-refractivity contribution in [2.24, 2.45) is 0 Å². The van der Waals surface area contributed by atoms with Gasteiger partial charge in [-0.15, -0.1) is 11.8 Å². The van der Waals surface area contributed by atoms with Crippen LogP contribution in [0.5, 0.6) is 0 Å². The zero-order valence-electron chi connectivity index (χ0n) is 19.5. The fraction of sp³-hybridized carbons (Fsp3) is 0.259. The summed E-state index contributed by atoms with van der Waals surface area (Å²) in [6.07, 6.45) is 0.789. The number of carbonyl (C=O) groups is 1. The number of carbonyl (C=O) groups excluding carboxylic acids is 1. The smallest absolute Gasteiger partial charge is 0.388 e. The summed E-state index contributed by atoms with van der Waals surface area (Å²) >= 11 is 1.50. The fourth-order valence-electron chi connectivity index (χ4n) is 3.06. The van der Waals surface area contributed by atoms with Gasteiger partial charge in [-0.2, -0.15) is 18.4 Å². The normalized spacial score (nSPS) is 15.1. The molecule has 0 saturated heterocycles. The summed E-state index contributed by atoms with van der Waals surface area (Å²) in [5.41, 5.74) is 0.680. The van der Waals surface area contributed by atoms with Crippen LogP contribution < -0.4 is 5.32 Å². The Kier molecular flexibility index (Phi) is 10.4. The number of thioether (sulfide) groups is 1. The molecule has 0 fully saturated rings. The lowest BCUT2D eigenvalue weighted by Crippen LogP contribution is -2.28. The minimum absolute atomic E-state index is 0.282. The van der Waals surface area contributed by atoms with E-state index in [-0.39, 0.29) is 12.0 Å². The van der Waals surface area contributed by atoms with E-state index < -0.39 is 17.4 Å². The second kappa shape index (κ2) is 13.0. The number of nitrogens with zero attached hydrogens (tertiary/aromatic N) is 1. The summed E-state index contributed by atoms with van der Waals surface area (Å²) in [5, 5.41) is 21.0. The lowest BCUT2D eigenvalue weighted by molar-refractivity contribution is -0.120. The number of allylic oxidation sites excluding steroid dienone is 5. The number of hydrogen-bond donors (Lipinski definition) is 2. The molecule has 8 heteroatoms. The Morgan fingerprint density at radius 3 is 2.40 bits per heavy atom. The number of nitriles is 1. The van der Waals surface area contributed by atoms with Gasteiger partial charge in [0.1, 0.15) is 5.60 Å². The van der Waals surface area contributed by atoms with Gasteiger partial charge in [-0.1, -0.05) is 48.5 Å². The number of likely N-dealkylation sites (N-methyl/N-ethyl adjacent to an activating group) is 1. The number of benzene rings is 2. The van der Waals surface area contributed by atoms with Gasteiger partial charge < -0.3 is 15.2 Å². The highest BCUT2D eigenvalue weighted by molar-refractivity contribution is 7.99. The number of aliphatic hydroxyl groups is 1. The van der Waals surface area contributed by atoms with Gasteiger partial charge in [0, 0.05) is 23.4 Å². The van der Waals surface area contributed by atoms with Crippen LogP contribution in [0.4, 0.5) is 13.2 Å². The molecule has 0 heterocycles. The van der Waals surface area contributed by atoms with Crippen LogP contribution in [0.1, 0.15) is 24.5 Å². The molecule has 0 aliphatic heterocycles. The first kappa shape index (κ1) is 28.0. The van der Waals surface area contributed by atoms with E-state index in [9.17, 15) is 23.1 Å². The van der Waals surface area contributed by atoms with Crippen molar-refractivity contribution in [2.45, 2.75) is 36.4 Å². The van der Waals surface area contributed by atoms with Gasteiger partial charge in [0.25, 0.3) is 0 Å². The molecule has 0 bridgehead atoms. The molecule has 3 rings (SSSR count). The van der Waals surface area contributed by atoms with E-state index in [1.165, 1.54) is 48.0 Å². The first-order valence-electron chi connectivity index (χ1n) is 10.8. The number of aldehydes is 1. The summed E-state index contributed by atoms with van der Waals surface area (Å²) in [4.78, 5) is 11.8. The fourth-order valence-corrected chi connectivity index (χ4v) is 4.00. The van der Waals surface area contributed by atoms with Crippen LogP contribution in [0.2, 0.25) is 0 Å². The number of hydrogen-bond acceptors (Lipinski definition) is 5. The Hall–Kier alpha value is -3.28. The highest BCUT2D eigenvalue weighted by atomic mass is 32.2. The minimum atomic E-state index is -4.45. The van der Waals surface area contributed by atoms with Crippen molar-refractivity contribution < 1.29 is 23.1 Å². The Morgan fingerprint density at radius 2 is 1.80 bits per heavy atom. The third-order valence-corrected chi connectivity index (χ3v) is 6.28. The predicted octanol–water partition coefficient (Wildman–Crippen LogP) is 5.75. The Labute approximate surface area is 207 Å². The topological polar surface area (TPSA) is 73.1 Å². The summed E-state index contributed by atoms with van der Waals surface area (Å²) < 4.78 is 37.5. The molecule has 2 aromatic carbocycles. The minimum Gasteiger partial charge on any atom is -0.388 e. The molecule has 4 nitrogen and oxygen atoms in total. The molecule has 0 aromatic heterocycles. The van der Waals surface area contributed by atoms with Crippen molar-refractivity contribution in [3.63, 3.8) is 0 Å². The maximum atomic E-state index is 12.5. The van der Waals surface area contributed by atoms with Crippen LogP contribution in [0.25, 0.3) is 0 Å². The molecule has 0 spiro atoms. The maximum absolute atomic E-state index is 12.5. The van der Waals surface area contributed by atoms with Gasteiger partial charge in [0.05, 0.1) is 17.2 Å². The summed E-state index contributed by atoms with van der Waals surface area (Å²) in [6, 6.07) is 20.1. The maximum Gasteiger partial charge on any atom is 0.414 e. The highest BCUT2D eigenvalue weighted by Crippen LogP contribution is 2.33. The van der Waals surface area contributed by atoms with Crippen LogP contribution in [-0.4, -0.2) is 36.0 Å². The van der Waals surface area contributed by atoms with Crippen LogP contribution >= 0.6 is 11.8 Å². The van der Waals surface area contributed by atoms with Crippen molar-refractivity contribution in [2.75, 3.05) is 12.8 Å². The van der Waals surface area contributed by atoms with Gasteiger partial charge in [-0.3, -0.25) is 0 Å². The summed E-state index contributed by atoms with van der Waals surface area (Å²) in [5.74, 6) is 0.366. The largest absolute Gasteiger partial charge is 0.414 e. The van der Waals surface area contributed by atoms with E-state index in [1.54, 1.807) is 13.1 Å². The molecule has 1 atom stereocenters. The molecule has 0 saturated carbocycles. The van der Waals surface area contributed by atoms with Crippen LogP contribution in [0.15, 0.2) is 94.6 Å². The molecule has 0 radical (unpaired) electrons. The van der Waals surface area contributed by atoms with Gasteiger partial charge >= 0.3 is 6.18 Å².